The predicted octanol–water partition coefficient (Wildman–Crippen LogP) is 5.54. The molecule has 0 radical (unpaired) electrons. The molecule has 4 amide bonds. The number of aromatic nitrogens is 2. The third-order valence-electron chi connectivity index (χ3n) is 11.4. The van der Waals surface area contributed by atoms with Crippen LogP contribution in [-0.4, -0.2) is 124 Å². The second-order valence-corrected chi connectivity index (χ2v) is 18.1. The minimum absolute atomic E-state index is 0.0297. The standard InChI is InChI=1S/C22H31N3O5.C22H31N3O4/c1-22(2,3)30-21(28)24-13-8-17(9-14-24)20(27)23-11-6-16(7-12-23)19(26)18-5-4-10-25(29)15-18;1-22(2,3)29-21(28)25-13-8-17(9-14-25)20(27)24-11-6-16(7-12-24)19(26)18-5-4-10-23-15-18/h4-5,10,15-17H,6-9,11-14H2,1-3H3;4-5,10,15-17H,6-9,11-14H2,1-3H3. The predicted molar refractivity (Wildman–Crippen MR) is 218 cm³/mol. The summed E-state index contributed by atoms with van der Waals surface area (Å²) in [6.45, 7) is 15.5. The van der Waals surface area contributed by atoms with Gasteiger partial charge in [0.1, 0.15) is 11.2 Å². The monoisotopic (exact) mass is 818 g/mol. The van der Waals surface area contributed by atoms with E-state index in [0.717, 1.165) is 0 Å². The van der Waals surface area contributed by atoms with Gasteiger partial charge in [-0.2, -0.15) is 4.73 Å². The van der Waals surface area contributed by atoms with Crippen molar-refractivity contribution in [2.75, 3.05) is 52.4 Å². The lowest BCUT2D eigenvalue weighted by Crippen LogP contribution is -2.48. The van der Waals surface area contributed by atoms with Crippen LogP contribution in [0.5, 0.6) is 0 Å². The minimum atomic E-state index is -0.529. The van der Waals surface area contributed by atoms with Gasteiger partial charge in [-0.1, -0.05) is 0 Å². The maximum Gasteiger partial charge on any atom is 0.410 e. The summed E-state index contributed by atoms with van der Waals surface area (Å²) in [6.07, 6.45) is 10.5. The smallest absolute Gasteiger partial charge is 0.410 e. The van der Waals surface area contributed by atoms with Gasteiger partial charge >= 0.3 is 12.2 Å². The van der Waals surface area contributed by atoms with E-state index in [9.17, 15) is 34.0 Å². The van der Waals surface area contributed by atoms with Crippen LogP contribution in [0.4, 0.5) is 9.59 Å². The van der Waals surface area contributed by atoms with Crippen molar-refractivity contribution >= 4 is 35.6 Å². The first-order chi connectivity index (χ1) is 27.9. The average molecular weight is 819 g/mol. The molecule has 59 heavy (non-hydrogen) atoms. The highest BCUT2D eigenvalue weighted by Crippen LogP contribution is 2.28. The molecule has 0 aromatic carbocycles. The maximum atomic E-state index is 12.9. The summed E-state index contributed by atoms with van der Waals surface area (Å²) in [5.41, 5.74) is 0.0270. The molecule has 6 rings (SSSR count). The molecule has 6 heterocycles. The maximum absolute atomic E-state index is 12.9. The number of ether oxygens (including phenoxy) is 2. The number of ketones is 2. The highest BCUT2D eigenvalue weighted by atomic mass is 16.6. The number of pyridine rings is 2. The van der Waals surface area contributed by atoms with Gasteiger partial charge in [0.15, 0.2) is 24.0 Å². The molecule has 0 unspecified atom stereocenters. The lowest BCUT2D eigenvalue weighted by Gasteiger charge is -2.37. The zero-order valence-corrected chi connectivity index (χ0v) is 35.6. The molecule has 4 fully saturated rings. The number of hydrogen-bond donors (Lipinski definition) is 0. The van der Waals surface area contributed by atoms with E-state index in [0.29, 0.717) is 120 Å². The Bertz CT molecular complexity index is 1780. The number of amides is 4. The minimum Gasteiger partial charge on any atom is -0.619 e. The van der Waals surface area contributed by atoms with Gasteiger partial charge in [0, 0.05) is 100 Å². The molecule has 15 heteroatoms. The second-order valence-electron chi connectivity index (χ2n) is 18.1. The Morgan fingerprint density at radius 3 is 1.32 bits per heavy atom. The molecule has 0 atom stereocenters. The first kappa shape index (κ1) is 45.0. The number of carbonyl (C=O) groups excluding carboxylic acids is 6. The fraction of sp³-hybridized carbons (Fsp3) is 0.636. The SMILES string of the molecule is CC(C)(C)OC(=O)N1CCC(C(=O)N2CCC(C(=O)c3ccc[n+]([O-])c3)CC2)CC1.CC(C)(C)OC(=O)N1CCC(C(=O)N2CCC(C(=O)c3cccnc3)CC2)CC1. The van der Waals surface area contributed by atoms with Gasteiger partial charge in [0.25, 0.3) is 0 Å². The Morgan fingerprint density at radius 1 is 0.576 bits per heavy atom. The van der Waals surface area contributed by atoms with E-state index in [4.69, 9.17) is 9.47 Å². The van der Waals surface area contributed by atoms with Gasteiger partial charge in [-0.25, -0.2) is 9.59 Å². The van der Waals surface area contributed by atoms with Crippen LogP contribution in [0.15, 0.2) is 49.1 Å². The van der Waals surface area contributed by atoms with Crippen LogP contribution in [0.25, 0.3) is 0 Å². The Kier molecular flexibility index (Phi) is 15.1. The zero-order valence-electron chi connectivity index (χ0n) is 35.6. The van der Waals surface area contributed by atoms with Gasteiger partial charge in [-0.05, 0) is 111 Å². The average Bonchev–Trinajstić information content (AvgIpc) is 3.22. The number of carbonyl (C=O) groups is 6. The van der Waals surface area contributed by atoms with Crippen LogP contribution in [0.3, 0.4) is 0 Å². The van der Waals surface area contributed by atoms with Crippen LogP contribution >= 0.6 is 0 Å². The van der Waals surface area contributed by atoms with E-state index in [1.807, 2.05) is 51.3 Å². The van der Waals surface area contributed by atoms with Crippen molar-refractivity contribution in [3.8, 4) is 0 Å². The number of nitrogens with zero attached hydrogens (tertiary/aromatic N) is 6. The Balaban J connectivity index is 0.000000224. The zero-order chi connectivity index (χ0) is 42.9. The van der Waals surface area contributed by atoms with Crippen LogP contribution in [0, 0.1) is 28.9 Å². The highest BCUT2D eigenvalue weighted by molar-refractivity contribution is 5.98. The first-order valence-electron chi connectivity index (χ1n) is 21.1. The highest BCUT2D eigenvalue weighted by Gasteiger charge is 2.36. The number of piperidine rings is 4. The third-order valence-corrected chi connectivity index (χ3v) is 11.4. The second kappa shape index (κ2) is 19.8. The summed E-state index contributed by atoms with van der Waals surface area (Å²) in [5, 5.41) is 11.4. The summed E-state index contributed by atoms with van der Waals surface area (Å²) in [7, 11) is 0. The molecule has 0 saturated carbocycles. The van der Waals surface area contributed by atoms with Crippen LogP contribution < -0.4 is 4.73 Å². The molecule has 0 bridgehead atoms. The molecule has 4 aliphatic rings. The van der Waals surface area contributed by atoms with Crippen molar-refractivity contribution < 1.29 is 43.0 Å². The molecule has 2 aromatic heterocycles. The molecule has 322 valence electrons. The van der Waals surface area contributed by atoms with E-state index in [2.05, 4.69) is 4.98 Å². The quantitative estimate of drug-likeness (QED) is 0.205. The van der Waals surface area contributed by atoms with Gasteiger partial charge in [-0.3, -0.25) is 24.2 Å². The molecule has 4 aliphatic heterocycles. The normalized spacial score (nSPS) is 19.0. The molecule has 2 aromatic rings. The topological polar surface area (TPSA) is 174 Å². The fourth-order valence-electron chi connectivity index (χ4n) is 8.09. The lowest BCUT2D eigenvalue weighted by molar-refractivity contribution is -0.605. The Hall–Kier alpha value is -5.08. The summed E-state index contributed by atoms with van der Waals surface area (Å²) in [6, 6.07) is 6.80. The number of rotatable bonds is 6. The van der Waals surface area contributed by atoms with E-state index < -0.39 is 11.2 Å². The van der Waals surface area contributed by atoms with Crippen molar-refractivity contribution in [1.82, 2.24) is 24.6 Å². The van der Waals surface area contributed by atoms with Gasteiger partial charge in [0.2, 0.25) is 11.8 Å². The Labute approximate surface area is 348 Å². The van der Waals surface area contributed by atoms with Gasteiger partial charge in [0.05, 0.1) is 5.56 Å². The summed E-state index contributed by atoms with van der Waals surface area (Å²) in [4.78, 5) is 86.5. The third kappa shape index (κ3) is 13.0. The number of likely N-dealkylation sites (tertiary alicyclic amines) is 4. The Morgan fingerprint density at radius 2 is 0.949 bits per heavy atom. The summed E-state index contributed by atoms with van der Waals surface area (Å²) < 4.78 is 11.5. The molecular weight excluding hydrogens is 757 g/mol. The van der Waals surface area contributed by atoms with Crippen molar-refractivity contribution in [3.63, 3.8) is 0 Å². The number of hydrogen-bond acceptors (Lipinski definition) is 10. The largest absolute Gasteiger partial charge is 0.619 e. The van der Waals surface area contributed by atoms with Crippen LogP contribution in [0.2, 0.25) is 0 Å². The summed E-state index contributed by atoms with van der Waals surface area (Å²) >= 11 is 0. The van der Waals surface area contributed by atoms with Crippen LogP contribution in [0.1, 0.15) is 114 Å². The van der Waals surface area contributed by atoms with Crippen molar-refractivity contribution in [2.45, 2.75) is 104 Å². The van der Waals surface area contributed by atoms with E-state index >= 15 is 0 Å². The van der Waals surface area contributed by atoms with E-state index in [1.54, 1.807) is 46.5 Å². The van der Waals surface area contributed by atoms with Crippen molar-refractivity contribution in [2.24, 2.45) is 23.7 Å². The molecular formula is C44H62N6O9. The number of Topliss-reactive ketones (excluding diaryl/α,β-unsaturated/α-hetero) is 2. The van der Waals surface area contributed by atoms with Crippen molar-refractivity contribution in [3.05, 3.63) is 65.4 Å². The first-order valence-corrected chi connectivity index (χ1v) is 21.1. The van der Waals surface area contributed by atoms with Crippen LogP contribution in [-0.2, 0) is 19.1 Å². The molecule has 4 saturated heterocycles. The molecule has 0 aliphatic carbocycles. The fourth-order valence-corrected chi connectivity index (χ4v) is 8.09. The molecule has 0 spiro atoms. The molecule has 0 N–H and O–H groups in total. The lowest BCUT2D eigenvalue weighted by atomic mass is 9.88. The van der Waals surface area contributed by atoms with Crippen molar-refractivity contribution in [1.29, 1.82) is 0 Å². The summed E-state index contributed by atoms with van der Waals surface area (Å²) in [5.74, 6) is 0.00303. The molecule has 15 nitrogen and oxygen atoms in total. The van der Waals surface area contributed by atoms with E-state index in [-0.39, 0.29) is 59.2 Å². The van der Waals surface area contributed by atoms with Gasteiger partial charge < -0.3 is 34.3 Å². The van der Waals surface area contributed by atoms with E-state index in [1.165, 1.54) is 12.4 Å². The van der Waals surface area contributed by atoms with Gasteiger partial charge in [-0.15, -0.1) is 0 Å².